The Morgan fingerprint density at radius 1 is 1.14 bits per heavy atom. The van der Waals surface area contributed by atoms with E-state index in [2.05, 4.69) is 0 Å². The SMILES string of the molecule is CON(C)S(=O)(=O)N1CCCCCC1. The third-order valence-corrected chi connectivity index (χ3v) is 4.29. The summed E-state index contributed by atoms with van der Waals surface area (Å²) in [6, 6.07) is 0. The van der Waals surface area contributed by atoms with Gasteiger partial charge in [-0.3, -0.25) is 4.84 Å². The van der Waals surface area contributed by atoms with Crippen molar-refractivity contribution in [3.63, 3.8) is 0 Å². The smallest absolute Gasteiger partial charge is 0.287 e. The van der Waals surface area contributed by atoms with Crippen molar-refractivity contribution < 1.29 is 13.3 Å². The van der Waals surface area contributed by atoms with Crippen LogP contribution in [0.2, 0.25) is 0 Å². The van der Waals surface area contributed by atoms with E-state index in [4.69, 9.17) is 4.84 Å². The molecule has 84 valence electrons. The van der Waals surface area contributed by atoms with E-state index >= 15 is 0 Å². The Hall–Kier alpha value is -0.170. The summed E-state index contributed by atoms with van der Waals surface area (Å²) in [7, 11) is -0.618. The van der Waals surface area contributed by atoms with E-state index in [-0.39, 0.29) is 0 Å². The molecule has 0 bridgehead atoms. The van der Waals surface area contributed by atoms with Gasteiger partial charge in [0.2, 0.25) is 0 Å². The molecule has 0 aliphatic carbocycles. The zero-order valence-corrected chi connectivity index (χ0v) is 9.59. The molecule has 6 heteroatoms. The van der Waals surface area contributed by atoms with Gasteiger partial charge in [-0.2, -0.15) is 12.7 Å². The highest BCUT2D eigenvalue weighted by Gasteiger charge is 2.27. The molecular weight excluding hydrogens is 204 g/mol. The summed E-state index contributed by atoms with van der Waals surface area (Å²) in [5.41, 5.74) is 0. The van der Waals surface area contributed by atoms with Crippen LogP contribution in [0.1, 0.15) is 25.7 Å². The zero-order valence-electron chi connectivity index (χ0n) is 8.77. The van der Waals surface area contributed by atoms with Crippen LogP contribution in [0.25, 0.3) is 0 Å². The minimum Gasteiger partial charge on any atom is -0.287 e. The van der Waals surface area contributed by atoms with Gasteiger partial charge in [0.15, 0.2) is 0 Å². The predicted octanol–water partition coefficient (Wildman–Crippen LogP) is 0.600. The molecule has 14 heavy (non-hydrogen) atoms. The van der Waals surface area contributed by atoms with Gasteiger partial charge >= 0.3 is 10.2 Å². The topological polar surface area (TPSA) is 49.9 Å². The van der Waals surface area contributed by atoms with Crippen molar-refractivity contribution in [1.82, 2.24) is 8.77 Å². The standard InChI is InChI=1S/C8H18N2O3S/c1-9(13-2)14(11,12)10-7-5-3-4-6-8-10/h3-8H2,1-2H3. The molecular formula is C8H18N2O3S. The Morgan fingerprint density at radius 3 is 2.07 bits per heavy atom. The second-order valence-corrected chi connectivity index (χ2v) is 5.34. The minimum absolute atomic E-state index is 0.607. The van der Waals surface area contributed by atoms with E-state index in [1.54, 1.807) is 0 Å². The van der Waals surface area contributed by atoms with Gasteiger partial charge in [-0.05, 0) is 12.8 Å². The monoisotopic (exact) mass is 222 g/mol. The summed E-state index contributed by atoms with van der Waals surface area (Å²) < 4.78 is 26.0. The van der Waals surface area contributed by atoms with Crippen LogP contribution >= 0.6 is 0 Å². The van der Waals surface area contributed by atoms with Crippen molar-refractivity contribution in [2.75, 3.05) is 27.2 Å². The van der Waals surface area contributed by atoms with Crippen LogP contribution in [-0.2, 0) is 15.0 Å². The van der Waals surface area contributed by atoms with E-state index in [0.717, 1.165) is 30.2 Å². The first-order valence-electron chi connectivity index (χ1n) is 4.87. The van der Waals surface area contributed by atoms with E-state index < -0.39 is 10.2 Å². The lowest BCUT2D eigenvalue weighted by Crippen LogP contribution is -2.41. The van der Waals surface area contributed by atoms with Gasteiger partial charge in [0, 0.05) is 20.1 Å². The Kier molecular flexibility index (Phi) is 4.31. The Morgan fingerprint density at radius 2 is 1.64 bits per heavy atom. The lowest BCUT2D eigenvalue weighted by atomic mass is 10.2. The highest BCUT2D eigenvalue weighted by molar-refractivity contribution is 7.86. The molecule has 0 aromatic heterocycles. The molecule has 0 amide bonds. The fourth-order valence-corrected chi connectivity index (χ4v) is 2.76. The van der Waals surface area contributed by atoms with Gasteiger partial charge in [0.1, 0.15) is 0 Å². The van der Waals surface area contributed by atoms with Crippen LogP contribution in [0, 0.1) is 0 Å². The number of hydroxylamine groups is 1. The quantitative estimate of drug-likeness (QED) is 0.657. The number of nitrogens with zero attached hydrogens (tertiary/aromatic N) is 2. The maximum absolute atomic E-state index is 11.8. The third kappa shape index (κ3) is 2.66. The highest BCUT2D eigenvalue weighted by Crippen LogP contribution is 2.15. The van der Waals surface area contributed by atoms with Crippen molar-refractivity contribution in [3.05, 3.63) is 0 Å². The number of hydrogen-bond acceptors (Lipinski definition) is 3. The largest absolute Gasteiger partial charge is 0.303 e. The lowest BCUT2D eigenvalue weighted by molar-refractivity contribution is -0.0315. The average Bonchev–Trinajstić information content (AvgIpc) is 2.44. The second-order valence-electron chi connectivity index (χ2n) is 3.41. The summed E-state index contributed by atoms with van der Waals surface area (Å²) >= 11 is 0. The normalized spacial score (nSPS) is 21.1. The molecule has 0 spiro atoms. The molecule has 1 fully saturated rings. The molecule has 1 rings (SSSR count). The third-order valence-electron chi connectivity index (χ3n) is 2.47. The van der Waals surface area contributed by atoms with E-state index in [9.17, 15) is 8.42 Å². The van der Waals surface area contributed by atoms with E-state index in [1.165, 1.54) is 18.5 Å². The Labute approximate surface area is 85.8 Å². The van der Waals surface area contributed by atoms with Gasteiger partial charge in [0.25, 0.3) is 0 Å². The van der Waals surface area contributed by atoms with Crippen molar-refractivity contribution >= 4 is 10.2 Å². The van der Waals surface area contributed by atoms with Crippen LogP contribution in [-0.4, -0.2) is 44.4 Å². The number of hydrogen-bond donors (Lipinski definition) is 0. The van der Waals surface area contributed by atoms with Gasteiger partial charge < -0.3 is 0 Å². The van der Waals surface area contributed by atoms with Gasteiger partial charge in [-0.1, -0.05) is 17.3 Å². The fraction of sp³-hybridized carbons (Fsp3) is 1.00. The number of rotatable bonds is 3. The molecule has 1 saturated heterocycles. The van der Waals surface area contributed by atoms with Crippen LogP contribution < -0.4 is 0 Å². The fourth-order valence-electron chi connectivity index (χ4n) is 1.53. The van der Waals surface area contributed by atoms with Crippen molar-refractivity contribution in [1.29, 1.82) is 0 Å². The first kappa shape index (κ1) is 11.9. The van der Waals surface area contributed by atoms with Gasteiger partial charge in [-0.15, -0.1) is 0 Å². The van der Waals surface area contributed by atoms with Crippen LogP contribution in [0.3, 0.4) is 0 Å². The molecule has 0 saturated carbocycles. The maximum Gasteiger partial charge on any atom is 0.303 e. The van der Waals surface area contributed by atoms with E-state index in [1.807, 2.05) is 0 Å². The molecule has 0 radical (unpaired) electrons. The molecule has 5 nitrogen and oxygen atoms in total. The van der Waals surface area contributed by atoms with Crippen LogP contribution in [0.15, 0.2) is 0 Å². The molecule has 1 aliphatic rings. The summed E-state index contributed by atoms with van der Waals surface area (Å²) in [5, 5.41) is 0. The molecule has 0 unspecified atom stereocenters. The molecule has 0 aromatic rings. The summed E-state index contributed by atoms with van der Waals surface area (Å²) in [6.45, 7) is 1.21. The first-order valence-corrected chi connectivity index (χ1v) is 6.27. The summed E-state index contributed by atoms with van der Waals surface area (Å²) in [6.07, 6.45) is 4.11. The minimum atomic E-state index is -3.39. The Balaban J connectivity index is 2.69. The Bertz CT molecular complexity index is 258. The van der Waals surface area contributed by atoms with Crippen LogP contribution in [0.4, 0.5) is 0 Å². The van der Waals surface area contributed by atoms with Crippen molar-refractivity contribution in [3.8, 4) is 0 Å². The van der Waals surface area contributed by atoms with Crippen LogP contribution in [0.5, 0.6) is 0 Å². The molecule has 0 atom stereocenters. The van der Waals surface area contributed by atoms with Crippen molar-refractivity contribution in [2.24, 2.45) is 0 Å². The summed E-state index contributed by atoms with van der Waals surface area (Å²) in [4.78, 5) is 4.71. The maximum atomic E-state index is 11.8. The summed E-state index contributed by atoms with van der Waals surface area (Å²) in [5.74, 6) is 0. The first-order chi connectivity index (χ1) is 6.59. The highest BCUT2D eigenvalue weighted by atomic mass is 32.2. The molecule has 0 aromatic carbocycles. The van der Waals surface area contributed by atoms with E-state index in [0.29, 0.717) is 13.1 Å². The van der Waals surface area contributed by atoms with Gasteiger partial charge in [0.05, 0.1) is 7.11 Å². The zero-order chi connectivity index (χ0) is 10.6. The average molecular weight is 222 g/mol. The van der Waals surface area contributed by atoms with Crippen molar-refractivity contribution in [2.45, 2.75) is 25.7 Å². The molecule has 1 heterocycles. The second kappa shape index (κ2) is 5.06. The lowest BCUT2D eigenvalue weighted by Gasteiger charge is -2.24. The molecule has 1 aliphatic heterocycles. The predicted molar refractivity (Wildman–Crippen MR) is 53.7 cm³/mol. The van der Waals surface area contributed by atoms with Gasteiger partial charge in [-0.25, -0.2) is 0 Å². The molecule has 0 N–H and O–H groups in total.